The van der Waals surface area contributed by atoms with Gasteiger partial charge in [0.2, 0.25) is 5.91 Å². The monoisotopic (exact) mass is 222 g/mol. The first-order valence-electron chi connectivity index (χ1n) is 4.30. The number of amides is 1. The Kier molecular flexibility index (Phi) is 1.74. The first kappa shape index (κ1) is 9.82. The molecule has 0 aliphatic carbocycles. The molecule has 0 saturated carbocycles. The van der Waals surface area contributed by atoms with Crippen LogP contribution in [-0.4, -0.2) is 11.6 Å². The Labute approximate surface area is 91.3 Å². The van der Waals surface area contributed by atoms with Crippen LogP contribution in [0.2, 0.25) is 0 Å². The number of nitrogens with zero attached hydrogens (tertiary/aromatic N) is 2. The number of nitriles is 2. The highest BCUT2D eigenvalue weighted by molar-refractivity contribution is 6.30. The van der Waals surface area contributed by atoms with Gasteiger partial charge in [-0.2, -0.15) is 10.5 Å². The number of halogens is 1. The molecule has 5 nitrogen and oxygen atoms in total. The van der Waals surface area contributed by atoms with E-state index in [-0.39, 0.29) is 17.2 Å². The van der Waals surface area contributed by atoms with Crippen LogP contribution in [0.4, 0.5) is 0 Å². The van der Waals surface area contributed by atoms with Gasteiger partial charge in [-0.1, -0.05) is 11.6 Å². The number of carbonyl (C=O) groups is 1. The van der Waals surface area contributed by atoms with Crippen molar-refractivity contribution in [3.63, 3.8) is 0 Å². The van der Waals surface area contributed by atoms with Gasteiger partial charge in [-0.3, -0.25) is 4.79 Å². The second-order valence-corrected chi connectivity index (χ2v) is 4.28. The molecule has 2 atom stereocenters. The number of hydrogen-bond donors (Lipinski definition) is 2. The van der Waals surface area contributed by atoms with Crippen molar-refractivity contribution in [2.45, 2.75) is 19.0 Å². The zero-order chi connectivity index (χ0) is 11.3. The van der Waals surface area contributed by atoms with Gasteiger partial charge in [-0.25, -0.2) is 0 Å². The van der Waals surface area contributed by atoms with E-state index in [0.717, 1.165) is 0 Å². The number of carbonyl (C=O) groups excluding carboxylic acids is 1. The molecule has 2 N–H and O–H groups in total. The molecule has 2 unspecified atom stereocenters. The fourth-order valence-electron chi connectivity index (χ4n) is 2.07. The predicted octanol–water partition coefficient (Wildman–Crippen LogP) is 0.310. The van der Waals surface area contributed by atoms with E-state index < -0.39 is 17.0 Å². The molecule has 1 saturated heterocycles. The van der Waals surface area contributed by atoms with Gasteiger partial charge in [0.15, 0.2) is 5.41 Å². The summed E-state index contributed by atoms with van der Waals surface area (Å²) in [6.07, 6.45) is 0.217. The highest BCUT2D eigenvalue weighted by Gasteiger charge is 2.59. The second-order valence-electron chi connectivity index (χ2n) is 3.91. The smallest absolute Gasteiger partial charge is 0.247 e. The van der Waals surface area contributed by atoms with Crippen LogP contribution in [-0.2, 0) is 4.79 Å². The van der Waals surface area contributed by atoms with Crippen LogP contribution in [0, 0.1) is 28.1 Å². The van der Waals surface area contributed by atoms with Gasteiger partial charge in [0.05, 0.1) is 11.6 Å². The average Bonchev–Trinajstić information content (AvgIpc) is 2.35. The van der Waals surface area contributed by atoms with Crippen molar-refractivity contribution in [2.75, 3.05) is 0 Å². The fraction of sp³-hybridized carbons (Fsp3) is 0.444. The topological polar surface area (TPSA) is 88.7 Å². The zero-order valence-corrected chi connectivity index (χ0v) is 8.64. The van der Waals surface area contributed by atoms with Crippen LogP contribution in [0.5, 0.6) is 0 Å². The summed E-state index contributed by atoms with van der Waals surface area (Å²) in [6, 6.07) is 3.72. The molecule has 76 valence electrons. The highest BCUT2D eigenvalue weighted by atomic mass is 35.5. The lowest BCUT2D eigenvalue weighted by molar-refractivity contribution is -0.123. The number of rotatable bonds is 0. The van der Waals surface area contributed by atoms with Gasteiger partial charge < -0.3 is 10.6 Å². The van der Waals surface area contributed by atoms with Crippen molar-refractivity contribution in [1.29, 1.82) is 10.5 Å². The first-order chi connectivity index (χ1) is 6.97. The van der Waals surface area contributed by atoms with Crippen molar-refractivity contribution in [3.8, 4) is 12.1 Å². The lowest BCUT2D eigenvalue weighted by atomic mass is 9.76. The maximum absolute atomic E-state index is 11.7. The highest BCUT2D eigenvalue weighted by Crippen LogP contribution is 2.45. The Morgan fingerprint density at radius 1 is 1.47 bits per heavy atom. The molecule has 0 aromatic heterocycles. The summed E-state index contributed by atoms with van der Waals surface area (Å²) in [5.74, 6) is -0.466. The SMILES string of the molecule is CC12CC(C#N)(C(=O)N1)C(C#N)=C(Cl)N2. The minimum atomic E-state index is -1.42. The lowest BCUT2D eigenvalue weighted by Crippen LogP contribution is -2.50. The Morgan fingerprint density at radius 2 is 2.13 bits per heavy atom. The van der Waals surface area contributed by atoms with Gasteiger partial charge in [0, 0.05) is 6.42 Å². The van der Waals surface area contributed by atoms with Crippen LogP contribution in [0.25, 0.3) is 0 Å². The lowest BCUT2D eigenvalue weighted by Gasteiger charge is -2.31. The first-order valence-corrected chi connectivity index (χ1v) is 4.68. The molecule has 2 heterocycles. The van der Waals surface area contributed by atoms with Crippen LogP contribution in [0.15, 0.2) is 10.7 Å². The van der Waals surface area contributed by atoms with Crippen molar-refractivity contribution in [3.05, 3.63) is 10.7 Å². The molecule has 2 rings (SSSR count). The maximum atomic E-state index is 11.7. The molecule has 2 bridgehead atoms. The molecule has 2 aliphatic rings. The van der Waals surface area contributed by atoms with Gasteiger partial charge in [0.1, 0.15) is 16.9 Å². The third kappa shape index (κ3) is 1.04. The van der Waals surface area contributed by atoms with E-state index in [4.69, 9.17) is 22.1 Å². The summed E-state index contributed by atoms with van der Waals surface area (Å²) >= 11 is 5.84. The van der Waals surface area contributed by atoms with Gasteiger partial charge in [-0.05, 0) is 6.92 Å². The predicted molar refractivity (Wildman–Crippen MR) is 50.8 cm³/mol. The molecule has 2 aliphatic heterocycles. The third-order valence-electron chi connectivity index (χ3n) is 2.73. The Morgan fingerprint density at radius 3 is 2.67 bits per heavy atom. The molecule has 6 heteroatoms. The summed E-state index contributed by atoms with van der Waals surface area (Å²) in [6.45, 7) is 1.72. The average molecular weight is 223 g/mol. The van der Waals surface area contributed by atoms with Crippen LogP contribution >= 0.6 is 11.6 Å². The second kappa shape index (κ2) is 2.65. The summed E-state index contributed by atoms with van der Waals surface area (Å²) < 4.78 is 0. The number of nitrogens with one attached hydrogen (secondary N) is 2. The number of fused-ring (bicyclic) bond motifs is 2. The van der Waals surface area contributed by atoms with E-state index in [1.807, 2.05) is 12.1 Å². The van der Waals surface area contributed by atoms with Crippen LogP contribution in [0.3, 0.4) is 0 Å². The molecular formula is C9H7ClN4O. The van der Waals surface area contributed by atoms with E-state index in [1.165, 1.54) is 0 Å². The molecule has 1 amide bonds. The van der Waals surface area contributed by atoms with Crippen LogP contribution in [0.1, 0.15) is 13.3 Å². The van der Waals surface area contributed by atoms with E-state index in [0.29, 0.717) is 0 Å². The standard InChI is InChI=1S/C9H7ClN4O/c1-8-3-9(4-12,7(15)14-8)5(2-11)6(10)13-8/h13H,3H2,1H3,(H,14,15). The zero-order valence-electron chi connectivity index (χ0n) is 7.89. The summed E-state index contributed by atoms with van der Waals surface area (Å²) in [5, 5.41) is 23.5. The minimum Gasteiger partial charge on any atom is -0.353 e. The van der Waals surface area contributed by atoms with E-state index in [1.54, 1.807) is 6.92 Å². The molecule has 1 fully saturated rings. The molecule has 0 radical (unpaired) electrons. The molecule has 0 aromatic rings. The molecular weight excluding hydrogens is 216 g/mol. The van der Waals surface area contributed by atoms with E-state index >= 15 is 0 Å². The Hall–Kier alpha value is -1.72. The van der Waals surface area contributed by atoms with Crippen molar-refractivity contribution >= 4 is 17.5 Å². The van der Waals surface area contributed by atoms with Gasteiger partial charge >= 0.3 is 0 Å². The van der Waals surface area contributed by atoms with E-state index in [9.17, 15) is 4.79 Å². The van der Waals surface area contributed by atoms with Gasteiger partial charge in [0.25, 0.3) is 0 Å². The van der Waals surface area contributed by atoms with Crippen molar-refractivity contribution in [2.24, 2.45) is 5.41 Å². The summed E-state index contributed by atoms with van der Waals surface area (Å²) in [4.78, 5) is 11.7. The molecule has 0 spiro atoms. The fourth-order valence-corrected chi connectivity index (χ4v) is 2.48. The molecule has 0 aromatic carbocycles. The summed E-state index contributed by atoms with van der Waals surface area (Å²) in [5.41, 5.74) is -2.16. The third-order valence-corrected chi connectivity index (χ3v) is 3.01. The Bertz CT molecular complexity index is 471. The van der Waals surface area contributed by atoms with Crippen LogP contribution < -0.4 is 10.6 Å². The maximum Gasteiger partial charge on any atom is 0.247 e. The van der Waals surface area contributed by atoms with Crippen molar-refractivity contribution in [1.82, 2.24) is 10.6 Å². The van der Waals surface area contributed by atoms with Gasteiger partial charge in [-0.15, -0.1) is 0 Å². The Balaban J connectivity index is 2.68. The van der Waals surface area contributed by atoms with E-state index in [2.05, 4.69) is 10.6 Å². The summed E-state index contributed by atoms with van der Waals surface area (Å²) in [7, 11) is 0. The largest absolute Gasteiger partial charge is 0.353 e. The quantitative estimate of drug-likeness (QED) is 0.578. The molecule has 15 heavy (non-hydrogen) atoms. The van der Waals surface area contributed by atoms with Crippen molar-refractivity contribution < 1.29 is 4.79 Å². The number of hydrogen-bond acceptors (Lipinski definition) is 4. The normalized spacial score (nSPS) is 37.7. The minimum absolute atomic E-state index is 0.000795.